The second-order valence-corrected chi connectivity index (χ2v) is 7.43. The maximum Gasteiger partial charge on any atom is 0.294 e. The Hall–Kier alpha value is -4.16. The Balaban J connectivity index is 1.50. The lowest BCUT2D eigenvalue weighted by atomic mass is 10.1. The number of anilines is 1. The van der Waals surface area contributed by atoms with Gasteiger partial charge in [-0.15, -0.1) is 5.10 Å². The minimum atomic E-state index is -0.639. The van der Waals surface area contributed by atoms with Crippen molar-refractivity contribution in [2.75, 3.05) is 12.5 Å². The number of fused-ring (bicyclic) bond motifs is 1. The smallest absolute Gasteiger partial charge is 0.294 e. The molecular formula is C19H12Cl2N8O4. The number of carbonyl (C=O) groups is 1. The monoisotopic (exact) mass is 486 g/mol. The summed E-state index contributed by atoms with van der Waals surface area (Å²) < 4.78 is 16.7. The van der Waals surface area contributed by atoms with Gasteiger partial charge in [0.25, 0.3) is 5.91 Å². The van der Waals surface area contributed by atoms with E-state index in [9.17, 15) is 4.79 Å². The number of benzene rings is 2. The predicted octanol–water partition coefficient (Wildman–Crippen LogP) is 2.70. The average Bonchev–Trinajstić information content (AvgIpc) is 3.54. The third-order valence-corrected chi connectivity index (χ3v) is 5.29. The van der Waals surface area contributed by atoms with Crippen LogP contribution in [-0.2, 0) is 0 Å². The Bertz CT molecular complexity index is 1400. The number of nitrogens with zero attached hydrogens (tertiary/aromatic N) is 6. The highest BCUT2D eigenvalue weighted by atomic mass is 35.5. The molecule has 0 bridgehead atoms. The number of nitrogens with one attached hydrogen (secondary N) is 1. The Morgan fingerprint density at radius 2 is 1.97 bits per heavy atom. The molecule has 1 aliphatic heterocycles. The number of rotatable bonds is 5. The molecule has 0 spiro atoms. The summed E-state index contributed by atoms with van der Waals surface area (Å²) in [6.07, 6.45) is 1.41. The van der Waals surface area contributed by atoms with Gasteiger partial charge in [0, 0.05) is 5.56 Å². The summed E-state index contributed by atoms with van der Waals surface area (Å²) >= 11 is 11.9. The Morgan fingerprint density at radius 1 is 1.12 bits per heavy atom. The Kier molecular flexibility index (Phi) is 5.28. The molecule has 33 heavy (non-hydrogen) atoms. The lowest BCUT2D eigenvalue weighted by Crippen LogP contribution is -2.19. The number of hydrogen-bond donors (Lipinski definition) is 2. The lowest BCUT2D eigenvalue weighted by molar-refractivity contribution is 0.0950. The summed E-state index contributed by atoms with van der Waals surface area (Å²) in [4.78, 5) is 12.9. The van der Waals surface area contributed by atoms with E-state index in [4.69, 9.17) is 38.4 Å². The number of ether oxygens (including phenoxy) is 2. The van der Waals surface area contributed by atoms with Gasteiger partial charge in [-0.2, -0.15) is 9.78 Å². The zero-order valence-corrected chi connectivity index (χ0v) is 17.9. The fourth-order valence-electron chi connectivity index (χ4n) is 3.03. The van der Waals surface area contributed by atoms with Crippen LogP contribution in [0.3, 0.4) is 0 Å². The van der Waals surface area contributed by atoms with Crippen molar-refractivity contribution >= 4 is 41.1 Å². The van der Waals surface area contributed by atoms with Crippen molar-refractivity contribution in [1.82, 2.24) is 30.7 Å². The lowest BCUT2D eigenvalue weighted by Gasteiger charge is -2.07. The highest BCUT2D eigenvalue weighted by Gasteiger charge is 2.26. The molecule has 12 nitrogen and oxygen atoms in total. The number of hydrazone groups is 1. The fourth-order valence-corrected chi connectivity index (χ4v) is 3.34. The van der Waals surface area contributed by atoms with Gasteiger partial charge in [0.15, 0.2) is 17.2 Å². The average molecular weight is 487 g/mol. The number of aromatic nitrogens is 5. The summed E-state index contributed by atoms with van der Waals surface area (Å²) in [6.45, 7) is 0.0905. The van der Waals surface area contributed by atoms with Crippen LogP contribution >= 0.6 is 23.2 Å². The van der Waals surface area contributed by atoms with E-state index in [2.05, 4.69) is 35.8 Å². The largest absolute Gasteiger partial charge is 0.454 e. The number of carbonyl (C=O) groups excluding carboxylic acids is 1. The van der Waals surface area contributed by atoms with Crippen LogP contribution < -0.4 is 20.6 Å². The minimum Gasteiger partial charge on any atom is -0.454 e. The van der Waals surface area contributed by atoms with Crippen LogP contribution in [0.5, 0.6) is 11.5 Å². The number of amides is 1. The predicted molar refractivity (Wildman–Crippen MR) is 117 cm³/mol. The third-order valence-electron chi connectivity index (χ3n) is 4.55. The van der Waals surface area contributed by atoms with Crippen LogP contribution in [0.4, 0.5) is 5.82 Å². The molecule has 14 heteroatoms. The molecule has 2 aromatic heterocycles. The molecule has 0 unspecified atom stereocenters. The molecule has 0 saturated carbocycles. The number of halogens is 2. The summed E-state index contributed by atoms with van der Waals surface area (Å²) in [6, 6.07) is 10.0. The van der Waals surface area contributed by atoms with Crippen LogP contribution in [0.25, 0.3) is 17.1 Å². The van der Waals surface area contributed by atoms with Crippen molar-refractivity contribution in [1.29, 1.82) is 0 Å². The number of hydrogen-bond acceptors (Lipinski definition) is 10. The quantitative estimate of drug-likeness (QED) is 0.319. The van der Waals surface area contributed by atoms with E-state index in [0.29, 0.717) is 32.7 Å². The van der Waals surface area contributed by atoms with Crippen LogP contribution in [-0.4, -0.2) is 44.2 Å². The van der Waals surface area contributed by atoms with Gasteiger partial charge in [-0.25, -0.2) is 10.1 Å². The molecule has 3 N–H and O–H groups in total. The van der Waals surface area contributed by atoms with E-state index in [-0.39, 0.29) is 29.8 Å². The second kappa shape index (κ2) is 8.41. The molecule has 0 saturated heterocycles. The highest BCUT2D eigenvalue weighted by Crippen LogP contribution is 2.37. The molecule has 0 atom stereocenters. The van der Waals surface area contributed by atoms with Crippen molar-refractivity contribution < 1.29 is 18.9 Å². The van der Waals surface area contributed by atoms with Crippen LogP contribution in [0.15, 0.2) is 46.1 Å². The van der Waals surface area contributed by atoms with E-state index >= 15 is 0 Å². The topological polar surface area (TPSA) is 156 Å². The van der Waals surface area contributed by atoms with Crippen molar-refractivity contribution in [3.63, 3.8) is 0 Å². The highest BCUT2D eigenvalue weighted by molar-refractivity contribution is 6.42. The molecule has 3 heterocycles. The van der Waals surface area contributed by atoms with Gasteiger partial charge in [0.05, 0.1) is 16.3 Å². The number of nitrogens with two attached hydrogens (primary N) is 1. The van der Waals surface area contributed by atoms with Crippen molar-refractivity contribution in [2.45, 2.75) is 0 Å². The molecule has 0 radical (unpaired) electrons. The molecule has 2 aromatic carbocycles. The van der Waals surface area contributed by atoms with E-state index < -0.39 is 5.91 Å². The molecule has 4 aromatic rings. The second-order valence-electron chi connectivity index (χ2n) is 6.61. The Labute approximate surface area is 194 Å². The van der Waals surface area contributed by atoms with Crippen LogP contribution in [0.1, 0.15) is 16.1 Å². The van der Waals surface area contributed by atoms with Crippen molar-refractivity contribution in [3.05, 3.63) is 57.7 Å². The molecular weight excluding hydrogens is 475 g/mol. The summed E-state index contributed by atoms with van der Waals surface area (Å²) in [5.41, 5.74) is 9.60. The van der Waals surface area contributed by atoms with E-state index in [1.807, 2.05) is 0 Å². The van der Waals surface area contributed by atoms with Gasteiger partial charge in [-0.05, 0) is 46.2 Å². The summed E-state index contributed by atoms with van der Waals surface area (Å²) in [5.74, 6) is 0.452. The SMILES string of the molecule is Nc1nonc1-n1nnc(C(=O)N/N=C/c2ccc(Cl)c(Cl)c2)c1-c1ccc2c(c1)OCO2. The standard InChI is InChI=1S/C19H12Cl2N8O4/c20-11-3-1-9(5-12(11)21)7-23-25-19(30)15-16(10-2-4-13-14(6-10)32-8-31-13)29(28-24-15)18-17(22)26-33-27-18/h1-7H,8H2,(H2,22,26)(H,25,30)/b23-7+. The van der Waals surface area contributed by atoms with E-state index in [0.717, 1.165) is 0 Å². The maximum atomic E-state index is 12.9. The van der Waals surface area contributed by atoms with Gasteiger partial charge < -0.3 is 15.2 Å². The van der Waals surface area contributed by atoms with Gasteiger partial charge in [0.1, 0.15) is 5.69 Å². The molecule has 166 valence electrons. The maximum absolute atomic E-state index is 12.9. The molecule has 0 aliphatic carbocycles. The first-order valence-corrected chi connectivity index (χ1v) is 9.99. The first-order valence-electron chi connectivity index (χ1n) is 9.24. The van der Waals surface area contributed by atoms with Crippen molar-refractivity contribution in [2.24, 2.45) is 5.10 Å². The van der Waals surface area contributed by atoms with Crippen LogP contribution in [0, 0.1) is 0 Å². The zero-order valence-electron chi connectivity index (χ0n) is 16.4. The van der Waals surface area contributed by atoms with Crippen LogP contribution in [0.2, 0.25) is 10.0 Å². The fraction of sp³-hybridized carbons (Fsp3) is 0.0526. The van der Waals surface area contributed by atoms with Gasteiger partial charge in [-0.3, -0.25) is 4.79 Å². The van der Waals surface area contributed by atoms with Gasteiger partial charge in [0.2, 0.25) is 18.4 Å². The normalized spacial score (nSPS) is 12.4. The number of nitrogen functional groups attached to an aromatic ring is 1. The molecule has 1 amide bonds. The minimum absolute atomic E-state index is 0.0357. The zero-order chi connectivity index (χ0) is 22.9. The molecule has 5 rings (SSSR count). The first-order chi connectivity index (χ1) is 16.0. The third kappa shape index (κ3) is 3.92. The van der Waals surface area contributed by atoms with Gasteiger partial charge in [-0.1, -0.05) is 34.5 Å². The summed E-state index contributed by atoms with van der Waals surface area (Å²) in [7, 11) is 0. The van der Waals surface area contributed by atoms with E-state index in [1.165, 1.54) is 10.9 Å². The molecule has 1 aliphatic rings. The molecule has 0 fully saturated rings. The van der Waals surface area contributed by atoms with E-state index in [1.54, 1.807) is 36.4 Å². The van der Waals surface area contributed by atoms with Gasteiger partial charge >= 0.3 is 0 Å². The first kappa shape index (κ1) is 20.7. The van der Waals surface area contributed by atoms with Crippen molar-refractivity contribution in [3.8, 4) is 28.6 Å². The Morgan fingerprint density at radius 3 is 2.76 bits per heavy atom. The summed E-state index contributed by atoms with van der Waals surface area (Å²) in [5, 5.41) is 20.0.